The highest BCUT2D eigenvalue weighted by Gasteiger charge is 2.51. The van der Waals surface area contributed by atoms with E-state index in [0.29, 0.717) is 5.56 Å². The summed E-state index contributed by atoms with van der Waals surface area (Å²) in [6.07, 6.45) is 4.01. The molecule has 1 N–H and O–H groups in total. The van der Waals surface area contributed by atoms with Gasteiger partial charge in [0.1, 0.15) is 0 Å². The molecule has 2 rings (SSSR count). The fourth-order valence-electron chi connectivity index (χ4n) is 3.05. The van der Waals surface area contributed by atoms with E-state index >= 15 is 0 Å². The lowest BCUT2D eigenvalue weighted by molar-refractivity contribution is -0.197. The zero-order valence-corrected chi connectivity index (χ0v) is 16.1. The molecule has 1 saturated heterocycles. The van der Waals surface area contributed by atoms with Gasteiger partial charge in [-0.05, 0) is 19.4 Å². The van der Waals surface area contributed by atoms with Gasteiger partial charge in [-0.15, -0.1) is 12.3 Å². The molecule has 7 nitrogen and oxygen atoms in total. The van der Waals surface area contributed by atoms with E-state index in [1.54, 1.807) is 38.1 Å². The van der Waals surface area contributed by atoms with Crippen molar-refractivity contribution < 1.29 is 33.6 Å². The number of hydrogen-bond acceptors (Lipinski definition) is 7. The first kappa shape index (κ1) is 21.9. The number of terminal acetylenes is 1. The first-order valence-electron chi connectivity index (χ1n) is 9.28. The van der Waals surface area contributed by atoms with Gasteiger partial charge in [0.25, 0.3) is 5.60 Å². The van der Waals surface area contributed by atoms with Gasteiger partial charge in [0, 0.05) is 12.8 Å². The van der Waals surface area contributed by atoms with Gasteiger partial charge in [-0.1, -0.05) is 30.3 Å². The highest BCUT2D eigenvalue weighted by Crippen LogP contribution is 2.29. The standard InChI is InChI=1S/C21H26O7/c1-4-16-12-18(22)28-17(16)14-27-21(19(23)25-5-2,20(24)26-6-3)13-15-10-8-7-9-11-15/h1,7-11,16-18,22H,5-6,12-14H2,2-3H3. The fraction of sp³-hybridized carbons (Fsp3) is 0.524. The number of esters is 2. The van der Waals surface area contributed by atoms with Gasteiger partial charge in [0.2, 0.25) is 0 Å². The third-order valence-electron chi connectivity index (χ3n) is 4.45. The second-order valence-electron chi connectivity index (χ2n) is 6.38. The summed E-state index contributed by atoms with van der Waals surface area (Å²) in [6.45, 7) is 3.26. The van der Waals surface area contributed by atoms with Gasteiger partial charge in [0.05, 0.1) is 31.8 Å². The van der Waals surface area contributed by atoms with Crippen molar-refractivity contribution in [1.29, 1.82) is 0 Å². The van der Waals surface area contributed by atoms with Crippen molar-refractivity contribution in [3.63, 3.8) is 0 Å². The Bertz CT molecular complexity index is 676. The minimum atomic E-state index is -2.00. The molecular formula is C21H26O7. The van der Waals surface area contributed by atoms with E-state index in [1.807, 2.05) is 6.07 Å². The van der Waals surface area contributed by atoms with Crippen LogP contribution < -0.4 is 0 Å². The van der Waals surface area contributed by atoms with E-state index in [4.69, 9.17) is 25.4 Å². The van der Waals surface area contributed by atoms with E-state index < -0.39 is 35.9 Å². The van der Waals surface area contributed by atoms with Crippen LogP contribution in [0.5, 0.6) is 0 Å². The number of benzene rings is 1. The second-order valence-corrected chi connectivity index (χ2v) is 6.38. The Morgan fingerprint density at radius 3 is 2.36 bits per heavy atom. The second kappa shape index (κ2) is 10.2. The molecule has 28 heavy (non-hydrogen) atoms. The Morgan fingerprint density at radius 2 is 1.82 bits per heavy atom. The molecule has 152 valence electrons. The summed E-state index contributed by atoms with van der Waals surface area (Å²) in [4.78, 5) is 25.7. The van der Waals surface area contributed by atoms with Crippen LogP contribution in [0.4, 0.5) is 0 Å². The molecule has 0 saturated carbocycles. The monoisotopic (exact) mass is 390 g/mol. The predicted molar refractivity (Wildman–Crippen MR) is 99.9 cm³/mol. The van der Waals surface area contributed by atoms with Crippen LogP contribution in [0.1, 0.15) is 25.8 Å². The first-order chi connectivity index (χ1) is 13.5. The van der Waals surface area contributed by atoms with Crippen molar-refractivity contribution >= 4 is 11.9 Å². The number of aliphatic hydroxyl groups is 1. The van der Waals surface area contributed by atoms with Crippen molar-refractivity contribution in [2.24, 2.45) is 5.92 Å². The van der Waals surface area contributed by atoms with Crippen molar-refractivity contribution in [2.45, 2.75) is 44.7 Å². The number of carbonyl (C=O) groups excluding carboxylic acids is 2. The summed E-state index contributed by atoms with van der Waals surface area (Å²) in [5.41, 5.74) is -1.30. The van der Waals surface area contributed by atoms with Gasteiger partial charge < -0.3 is 24.1 Å². The van der Waals surface area contributed by atoms with Crippen molar-refractivity contribution in [1.82, 2.24) is 0 Å². The Hall–Kier alpha value is -2.40. The Balaban J connectivity index is 2.32. The minimum Gasteiger partial charge on any atom is -0.463 e. The molecule has 1 fully saturated rings. The summed E-state index contributed by atoms with van der Waals surface area (Å²) < 4.78 is 21.5. The number of rotatable bonds is 9. The van der Waals surface area contributed by atoms with Crippen LogP contribution in [-0.2, 0) is 35.0 Å². The molecule has 3 unspecified atom stereocenters. The van der Waals surface area contributed by atoms with Crippen molar-refractivity contribution in [2.75, 3.05) is 19.8 Å². The zero-order chi connectivity index (χ0) is 20.6. The first-order valence-corrected chi connectivity index (χ1v) is 9.28. The van der Waals surface area contributed by atoms with Gasteiger partial charge in [-0.25, -0.2) is 9.59 Å². The molecule has 1 aromatic carbocycles. The van der Waals surface area contributed by atoms with E-state index in [-0.39, 0.29) is 32.7 Å². The van der Waals surface area contributed by atoms with Crippen LogP contribution in [-0.4, -0.2) is 54.9 Å². The number of hydrogen-bond donors (Lipinski definition) is 1. The smallest absolute Gasteiger partial charge is 0.350 e. The Morgan fingerprint density at radius 1 is 1.21 bits per heavy atom. The predicted octanol–water partition coefficient (Wildman–Crippen LogP) is 1.47. The summed E-state index contributed by atoms with van der Waals surface area (Å²) in [7, 11) is 0. The molecule has 1 aliphatic heterocycles. The van der Waals surface area contributed by atoms with Crippen LogP contribution in [0.15, 0.2) is 30.3 Å². The number of aliphatic hydroxyl groups excluding tert-OH is 1. The average Bonchev–Trinajstić information content (AvgIpc) is 3.06. The van der Waals surface area contributed by atoms with Crippen molar-refractivity contribution in [3.8, 4) is 12.3 Å². The van der Waals surface area contributed by atoms with Crippen LogP contribution >= 0.6 is 0 Å². The molecule has 0 aromatic heterocycles. The molecule has 1 aliphatic rings. The topological polar surface area (TPSA) is 91.3 Å². The molecule has 0 radical (unpaired) electrons. The van der Waals surface area contributed by atoms with Gasteiger partial charge in [0.15, 0.2) is 6.29 Å². The lowest BCUT2D eigenvalue weighted by Crippen LogP contribution is -2.54. The highest BCUT2D eigenvalue weighted by molar-refractivity contribution is 6.04. The summed E-state index contributed by atoms with van der Waals surface area (Å²) in [5, 5.41) is 9.70. The van der Waals surface area contributed by atoms with E-state index in [2.05, 4.69) is 5.92 Å². The molecule has 0 aliphatic carbocycles. The van der Waals surface area contributed by atoms with Crippen molar-refractivity contribution in [3.05, 3.63) is 35.9 Å². The minimum absolute atomic E-state index is 0.0680. The van der Waals surface area contributed by atoms with Gasteiger partial charge in [-0.3, -0.25) is 0 Å². The SMILES string of the molecule is C#CC1CC(O)OC1COC(Cc1ccccc1)(C(=O)OCC)C(=O)OCC. The largest absolute Gasteiger partial charge is 0.463 e. The summed E-state index contributed by atoms with van der Waals surface area (Å²) >= 11 is 0. The highest BCUT2D eigenvalue weighted by atomic mass is 16.6. The molecule has 0 amide bonds. The van der Waals surface area contributed by atoms with Crippen LogP contribution in [0.3, 0.4) is 0 Å². The molecule has 1 heterocycles. The van der Waals surface area contributed by atoms with Crippen LogP contribution in [0, 0.1) is 18.3 Å². The van der Waals surface area contributed by atoms with Gasteiger partial charge >= 0.3 is 11.9 Å². The maximum Gasteiger partial charge on any atom is 0.350 e. The Kier molecular flexibility index (Phi) is 8.00. The molecular weight excluding hydrogens is 364 g/mol. The lowest BCUT2D eigenvalue weighted by atomic mass is 9.93. The molecule has 3 atom stereocenters. The number of carbonyl (C=O) groups is 2. The molecule has 1 aromatic rings. The average molecular weight is 390 g/mol. The normalized spacial score (nSPS) is 21.7. The quantitative estimate of drug-likeness (QED) is 0.388. The molecule has 7 heteroatoms. The number of ether oxygens (including phenoxy) is 4. The third kappa shape index (κ3) is 5.10. The maximum atomic E-state index is 12.8. The molecule has 0 spiro atoms. The lowest BCUT2D eigenvalue weighted by Gasteiger charge is -2.30. The fourth-order valence-corrected chi connectivity index (χ4v) is 3.05. The van der Waals surface area contributed by atoms with E-state index in [1.165, 1.54) is 0 Å². The Labute approximate surface area is 164 Å². The van der Waals surface area contributed by atoms with E-state index in [0.717, 1.165) is 0 Å². The van der Waals surface area contributed by atoms with Gasteiger partial charge in [-0.2, -0.15) is 0 Å². The van der Waals surface area contributed by atoms with Crippen LogP contribution in [0.25, 0.3) is 0 Å². The third-order valence-corrected chi connectivity index (χ3v) is 4.45. The van der Waals surface area contributed by atoms with E-state index in [9.17, 15) is 14.7 Å². The summed E-state index contributed by atoms with van der Waals surface area (Å²) in [5.74, 6) is 0.468. The summed E-state index contributed by atoms with van der Waals surface area (Å²) in [6, 6.07) is 8.96. The van der Waals surface area contributed by atoms with Crippen LogP contribution in [0.2, 0.25) is 0 Å². The maximum absolute atomic E-state index is 12.8. The molecule has 0 bridgehead atoms. The zero-order valence-electron chi connectivity index (χ0n) is 16.1.